The van der Waals surface area contributed by atoms with Crippen molar-refractivity contribution in [1.29, 1.82) is 0 Å². The van der Waals surface area contributed by atoms with Gasteiger partial charge < -0.3 is 25.3 Å². The van der Waals surface area contributed by atoms with E-state index in [4.69, 9.17) is 4.74 Å². The van der Waals surface area contributed by atoms with E-state index in [2.05, 4.69) is 30.6 Å². The number of anilines is 2. The van der Waals surface area contributed by atoms with Crippen molar-refractivity contribution in [1.82, 2.24) is 24.8 Å². The largest absolute Gasteiger partial charge is 0.374 e. The number of nitrogens with zero attached hydrogens (tertiary/aromatic N) is 4. The summed E-state index contributed by atoms with van der Waals surface area (Å²) in [6, 6.07) is 23.5. The first-order valence-corrected chi connectivity index (χ1v) is 13.5. The lowest BCUT2D eigenvalue weighted by Crippen LogP contribution is -2.18. The van der Waals surface area contributed by atoms with E-state index in [9.17, 15) is 9.18 Å². The number of amides is 1. The Morgan fingerprint density at radius 3 is 2.62 bits per heavy atom. The minimum Gasteiger partial charge on any atom is -0.374 e. The maximum Gasteiger partial charge on any atom is 0.248 e. The van der Waals surface area contributed by atoms with Crippen LogP contribution in [-0.4, -0.2) is 58.0 Å². The van der Waals surface area contributed by atoms with Crippen molar-refractivity contribution >= 4 is 28.6 Å². The number of nitrogens with one attached hydrogen (secondary N) is 3. The zero-order valence-corrected chi connectivity index (χ0v) is 23.4. The number of hydrogen-bond acceptors (Lipinski definition) is 7. The van der Waals surface area contributed by atoms with Crippen molar-refractivity contribution in [3.8, 4) is 11.4 Å². The van der Waals surface area contributed by atoms with E-state index in [1.165, 1.54) is 24.5 Å². The summed E-state index contributed by atoms with van der Waals surface area (Å²) in [4.78, 5) is 31.0. The van der Waals surface area contributed by atoms with Crippen LogP contribution in [0.4, 0.5) is 15.9 Å². The third kappa shape index (κ3) is 7.62. The van der Waals surface area contributed by atoms with E-state index < -0.39 is 0 Å². The zero-order valence-electron chi connectivity index (χ0n) is 23.4. The maximum atomic E-state index is 13.6. The molecule has 3 N–H and O–H groups in total. The normalized spacial score (nSPS) is 12.2. The van der Waals surface area contributed by atoms with Gasteiger partial charge in [-0.2, -0.15) is 0 Å². The Bertz CT molecular complexity index is 1650. The average molecular weight is 566 g/mol. The summed E-state index contributed by atoms with van der Waals surface area (Å²) in [5.74, 6) is 0.720. The minimum atomic E-state index is -0.292. The Kier molecular flexibility index (Phi) is 9.27. The molecule has 2 aromatic heterocycles. The fraction of sp³-hybridized carbons (Fsp3) is 0.188. The summed E-state index contributed by atoms with van der Waals surface area (Å²) in [6.07, 6.45) is 4.80. The molecule has 1 atom stereocenters. The highest BCUT2D eigenvalue weighted by Gasteiger charge is 2.17. The van der Waals surface area contributed by atoms with Gasteiger partial charge in [-0.15, -0.1) is 0 Å². The first kappa shape index (κ1) is 28.6. The molecular formula is C32H32FN7O2. The predicted octanol–water partition coefficient (Wildman–Crippen LogP) is 5.59. The second-order valence-electron chi connectivity index (χ2n) is 9.99. The van der Waals surface area contributed by atoms with Crippen LogP contribution in [0.1, 0.15) is 17.2 Å². The summed E-state index contributed by atoms with van der Waals surface area (Å²) in [7, 11) is 3.88. The highest BCUT2D eigenvalue weighted by Crippen LogP contribution is 2.27. The molecule has 42 heavy (non-hydrogen) atoms. The summed E-state index contributed by atoms with van der Waals surface area (Å²) < 4.78 is 19.6. The molecule has 0 aliphatic rings. The highest BCUT2D eigenvalue weighted by molar-refractivity contribution is 5.99. The Morgan fingerprint density at radius 2 is 1.86 bits per heavy atom. The van der Waals surface area contributed by atoms with Crippen molar-refractivity contribution in [3.05, 3.63) is 114 Å². The number of imidazole rings is 1. The van der Waals surface area contributed by atoms with Gasteiger partial charge in [-0.3, -0.25) is 4.79 Å². The van der Waals surface area contributed by atoms with Crippen molar-refractivity contribution in [3.63, 3.8) is 0 Å². The molecule has 0 bridgehead atoms. The lowest BCUT2D eigenvalue weighted by atomic mass is 10.1. The molecule has 10 heteroatoms. The fourth-order valence-corrected chi connectivity index (χ4v) is 4.33. The first-order chi connectivity index (χ1) is 20.4. The number of halogens is 1. The van der Waals surface area contributed by atoms with E-state index in [0.717, 1.165) is 16.7 Å². The number of ether oxygens (including phenoxy) is 1. The molecule has 5 aromatic rings. The smallest absolute Gasteiger partial charge is 0.248 e. The number of aromatic amines is 1. The van der Waals surface area contributed by atoms with E-state index in [1.54, 1.807) is 6.07 Å². The highest BCUT2D eigenvalue weighted by atomic mass is 19.1. The topological polar surface area (TPSA) is 108 Å². The third-order valence-corrected chi connectivity index (χ3v) is 6.41. The Labute approximate surface area is 243 Å². The molecule has 0 aliphatic heterocycles. The fourth-order valence-electron chi connectivity index (χ4n) is 4.33. The van der Waals surface area contributed by atoms with Crippen LogP contribution in [-0.2, 0) is 16.1 Å². The molecule has 214 valence electrons. The predicted molar refractivity (Wildman–Crippen MR) is 162 cm³/mol. The number of H-pyrrole nitrogens is 1. The molecule has 0 saturated heterocycles. The van der Waals surface area contributed by atoms with Crippen LogP contribution in [0.15, 0.2) is 97.3 Å². The number of hydrogen-bond donors (Lipinski definition) is 3. The summed E-state index contributed by atoms with van der Waals surface area (Å²) in [6.45, 7) is 1.29. The van der Waals surface area contributed by atoms with Gasteiger partial charge in [-0.1, -0.05) is 48.5 Å². The molecule has 0 saturated carbocycles. The summed E-state index contributed by atoms with van der Waals surface area (Å²) in [5, 5.41) is 6.34. The van der Waals surface area contributed by atoms with Gasteiger partial charge in [0.15, 0.2) is 11.5 Å². The van der Waals surface area contributed by atoms with Gasteiger partial charge in [-0.05, 0) is 61.6 Å². The molecular weight excluding hydrogens is 533 g/mol. The molecule has 0 radical (unpaired) electrons. The molecule has 0 unspecified atom stereocenters. The van der Waals surface area contributed by atoms with Crippen LogP contribution in [0.2, 0.25) is 0 Å². The van der Waals surface area contributed by atoms with Gasteiger partial charge in [0.05, 0.1) is 19.3 Å². The summed E-state index contributed by atoms with van der Waals surface area (Å²) in [5.41, 5.74) is 4.45. The van der Waals surface area contributed by atoms with Gasteiger partial charge in [0.2, 0.25) is 5.91 Å². The first-order valence-electron chi connectivity index (χ1n) is 13.5. The second-order valence-corrected chi connectivity index (χ2v) is 9.99. The zero-order chi connectivity index (χ0) is 29.3. The van der Waals surface area contributed by atoms with Crippen LogP contribution in [0.5, 0.6) is 0 Å². The van der Waals surface area contributed by atoms with Gasteiger partial charge in [-0.25, -0.2) is 19.3 Å². The molecule has 1 amide bonds. The lowest BCUT2D eigenvalue weighted by Gasteiger charge is -2.20. The summed E-state index contributed by atoms with van der Waals surface area (Å²) >= 11 is 0. The van der Waals surface area contributed by atoms with Crippen LogP contribution in [0.3, 0.4) is 0 Å². The molecule has 2 heterocycles. The number of benzene rings is 3. The second kappa shape index (κ2) is 13.6. The van der Waals surface area contributed by atoms with E-state index in [1.807, 2.05) is 85.7 Å². The van der Waals surface area contributed by atoms with Crippen LogP contribution >= 0.6 is 0 Å². The Morgan fingerprint density at radius 1 is 1.05 bits per heavy atom. The van der Waals surface area contributed by atoms with Crippen molar-refractivity contribution in [2.24, 2.45) is 0 Å². The van der Waals surface area contributed by atoms with Crippen LogP contribution < -0.4 is 10.6 Å². The number of rotatable bonds is 12. The number of fused-ring (bicyclic) bond motifs is 1. The van der Waals surface area contributed by atoms with E-state index in [0.29, 0.717) is 41.6 Å². The van der Waals surface area contributed by atoms with Crippen LogP contribution in [0.25, 0.3) is 22.6 Å². The van der Waals surface area contributed by atoms with Gasteiger partial charge in [0.1, 0.15) is 23.5 Å². The van der Waals surface area contributed by atoms with E-state index in [-0.39, 0.29) is 24.4 Å². The van der Waals surface area contributed by atoms with E-state index >= 15 is 0 Å². The quantitative estimate of drug-likeness (QED) is 0.169. The molecule has 5 rings (SSSR count). The Balaban J connectivity index is 1.31. The third-order valence-electron chi connectivity index (χ3n) is 6.41. The van der Waals surface area contributed by atoms with Gasteiger partial charge in [0.25, 0.3) is 0 Å². The minimum absolute atomic E-state index is 0.188. The molecule has 0 fully saturated rings. The number of carbonyl (C=O) groups excluding carboxylic acids is 1. The van der Waals surface area contributed by atoms with Crippen molar-refractivity contribution in [2.75, 3.05) is 37.9 Å². The average Bonchev–Trinajstić information content (AvgIpc) is 3.43. The number of carbonyl (C=O) groups is 1. The number of aromatic nitrogens is 4. The number of likely N-dealkylation sites (N-methyl/N-ethyl adjacent to an activating group) is 1. The monoisotopic (exact) mass is 565 g/mol. The SMILES string of the molecule is CN(C)C/C=C/C(=O)Nc1ccc(-c2nc3ncnc(N[C@H](COCc4cccc(F)c4)c4ccccc4)c3[nH]2)cc1. The maximum absolute atomic E-state index is 13.6. The Hall–Kier alpha value is -4.93. The molecule has 3 aromatic carbocycles. The molecule has 0 spiro atoms. The molecule has 9 nitrogen and oxygen atoms in total. The van der Waals surface area contributed by atoms with Gasteiger partial charge >= 0.3 is 0 Å². The van der Waals surface area contributed by atoms with Gasteiger partial charge in [0, 0.05) is 23.9 Å². The lowest BCUT2D eigenvalue weighted by molar-refractivity contribution is -0.111. The standard InChI is InChI=1S/C32H32FN7O2/c1-40(2)17-7-12-28(41)36-26-15-13-24(14-16-26)30-38-29-31(34-21-35-32(29)39-30)37-27(23-9-4-3-5-10-23)20-42-19-22-8-6-11-25(33)18-22/h3-16,18,21,27H,17,19-20H2,1-2H3,(H,36,41)(H2,34,35,37,38,39)/b12-7+/t27-/m1/s1. The molecule has 0 aliphatic carbocycles. The van der Waals surface area contributed by atoms with Crippen molar-refractivity contribution in [2.45, 2.75) is 12.6 Å². The van der Waals surface area contributed by atoms with Crippen LogP contribution in [0, 0.1) is 5.82 Å². The van der Waals surface area contributed by atoms with Crippen molar-refractivity contribution < 1.29 is 13.9 Å².